The second kappa shape index (κ2) is 4.79. The quantitative estimate of drug-likeness (QED) is 0.626. The van der Waals surface area contributed by atoms with Gasteiger partial charge in [-0.1, -0.05) is 30.9 Å². The summed E-state index contributed by atoms with van der Waals surface area (Å²) in [7, 11) is -1.51. The molecule has 0 aliphatic heterocycles. The summed E-state index contributed by atoms with van der Waals surface area (Å²) in [5, 5.41) is 20.3. The first-order chi connectivity index (χ1) is 9.65. The number of fused-ring (bicyclic) bond motifs is 3. The topological polar surface area (TPSA) is 79.6 Å². The zero-order chi connectivity index (χ0) is 14.3. The minimum Gasteiger partial charge on any atom is -0.456 e. The predicted molar refractivity (Wildman–Crippen MR) is 81.5 cm³/mol. The van der Waals surface area contributed by atoms with Gasteiger partial charge in [-0.15, -0.1) is 0 Å². The van der Waals surface area contributed by atoms with Gasteiger partial charge in [-0.3, -0.25) is 0 Å². The van der Waals surface area contributed by atoms with Gasteiger partial charge in [-0.05, 0) is 28.7 Å². The van der Waals surface area contributed by atoms with E-state index in [4.69, 9.17) is 10.2 Å². The van der Waals surface area contributed by atoms with Crippen LogP contribution in [0, 0.1) is 0 Å². The normalized spacial score (nSPS) is 11.2. The monoisotopic (exact) mass is 267 g/mol. The Hall–Kier alpha value is -2.08. The Labute approximate surface area is 116 Å². The van der Waals surface area contributed by atoms with E-state index in [9.17, 15) is 10.0 Å². The summed E-state index contributed by atoms with van der Waals surface area (Å²) in [5.74, 6) is 0. The molecule has 0 fully saturated rings. The van der Waals surface area contributed by atoms with Gasteiger partial charge in [0.15, 0.2) is 0 Å². The van der Waals surface area contributed by atoms with Crippen LogP contribution in [-0.4, -0.2) is 17.2 Å². The van der Waals surface area contributed by atoms with Crippen LogP contribution in [0.3, 0.4) is 0 Å². The lowest BCUT2D eigenvalue weighted by Crippen LogP contribution is -2.29. The Morgan fingerprint density at radius 1 is 1.20 bits per heavy atom. The minimum atomic E-state index is -1.51. The molecule has 100 valence electrons. The second-order valence-electron chi connectivity index (χ2n) is 4.65. The van der Waals surface area contributed by atoms with Crippen LogP contribution >= 0.6 is 0 Å². The maximum Gasteiger partial charge on any atom is 0.488 e. The van der Waals surface area contributed by atoms with E-state index in [-0.39, 0.29) is 0 Å². The van der Waals surface area contributed by atoms with Crippen LogP contribution < -0.4 is 11.2 Å². The average Bonchev–Trinajstić information content (AvgIpc) is 2.83. The molecule has 0 aliphatic carbocycles. The van der Waals surface area contributed by atoms with Crippen LogP contribution in [-0.2, 0) is 6.54 Å². The zero-order valence-electron chi connectivity index (χ0n) is 10.8. The second-order valence-corrected chi connectivity index (χ2v) is 4.65. The van der Waals surface area contributed by atoms with Crippen LogP contribution in [0.4, 0.5) is 0 Å². The number of furan rings is 1. The highest BCUT2D eigenvalue weighted by molar-refractivity contribution is 6.58. The number of hydrogen-bond donors (Lipinski definition) is 3. The number of rotatable bonds is 3. The van der Waals surface area contributed by atoms with Crippen molar-refractivity contribution in [1.82, 2.24) is 0 Å². The average molecular weight is 267 g/mol. The molecule has 4 nitrogen and oxygen atoms in total. The Kier molecular flexibility index (Phi) is 3.10. The number of hydrogen-bond acceptors (Lipinski definition) is 4. The standard InChI is InChI=1S/C15H14BNO3/c1-2-11-9(8-17)3-6-13-15(11)12-5-4-10(16(18)19)7-14(12)20-13/h2-7,18-19H,1,8,17H2. The van der Waals surface area contributed by atoms with E-state index >= 15 is 0 Å². The van der Waals surface area contributed by atoms with E-state index in [1.54, 1.807) is 18.2 Å². The summed E-state index contributed by atoms with van der Waals surface area (Å²) in [5.41, 5.74) is 9.46. The molecule has 0 saturated heterocycles. The van der Waals surface area contributed by atoms with E-state index in [1.165, 1.54) is 0 Å². The Balaban J connectivity index is 2.40. The molecular formula is C15H14BNO3. The van der Waals surface area contributed by atoms with E-state index in [1.807, 2.05) is 18.2 Å². The van der Waals surface area contributed by atoms with Gasteiger partial charge in [0, 0.05) is 17.3 Å². The molecule has 1 aromatic heterocycles. The van der Waals surface area contributed by atoms with Gasteiger partial charge in [-0.2, -0.15) is 0 Å². The minimum absolute atomic E-state index is 0.399. The first-order valence-electron chi connectivity index (χ1n) is 6.32. The maximum absolute atomic E-state index is 9.22. The van der Waals surface area contributed by atoms with Gasteiger partial charge in [0.05, 0.1) is 0 Å². The SMILES string of the molecule is C=Cc1c(CN)ccc2oc3cc(B(O)O)ccc3c12. The van der Waals surface area contributed by atoms with E-state index < -0.39 is 7.12 Å². The molecule has 0 bridgehead atoms. The lowest BCUT2D eigenvalue weighted by Gasteiger charge is -2.04. The largest absolute Gasteiger partial charge is 0.488 e. The summed E-state index contributed by atoms with van der Waals surface area (Å²) in [6.45, 7) is 4.27. The van der Waals surface area contributed by atoms with Gasteiger partial charge < -0.3 is 20.2 Å². The molecule has 20 heavy (non-hydrogen) atoms. The van der Waals surface area contributed by atoms with Gasteiger partial charge >= 0.3 is 7.12 Å². The van der Waals surface area contributed by atoms with Gasteiger partial charge in [0.2, 0.25) is 0 Å². The van der Waals surface area contributed by atoms with Crippen molar-refractivity contribution in [2.75, 3.05) is 0 Å². The Bertz CT molecular complexity index is 808. The molecule has 0 amide bonds. The Morgan fingerprint density at radius 2 is 2.00 bits per heavy atom. The highest BCUT2D eigenvalue weighted by Crippen LogP contribution is 2.33. The summed E-state index contributed by atoms with van der Waals surface area (Å²) in [4.78, 5) is 0. The molecule has 5 heteroatoms. The third kappa shape index (κ3) is 1.84. The van der Waals surface area contributed by atoms with E-state index in [0.717, 1.165) is 27.5 Å². The highest BCUT2D eigenvalue weighted by Gasteiger charge is 2.16. The van der Waals surface area contributed by atoms with Crippen molar-refractivity contribution in [3.8, 4) is 0 Å². The smallest absolute Gasteiger partial charge is 0.456 e. The van der Waals surface area contributed by atoms with E-state index in [2.05, 4.69) is 6.58 Å². The van der Waals surface area contributed by atoms with Crippen molar-refractivity contribution >= 4 is 40.6 Å². The number of benzene rings is 2. The third-order valence-electron chi connectivity index (χ3n) is 3.51. The fourth-order valence-corrected chi connectivity index (χ4v) is 2.53. The van der Waals surface area contributed by atoms with Crippen LogP contribution in [0.2, 0.25) is 0 Å². The summed E-state index contributed by atoms with van der Waals surface area (Å²) in [6.07, 6.45) is 1.77. The van der Waals surface area contributed by atoms with Crippen LogP contribution in [0.1, 0.15) is 11.1 Å². The van der Waals surface area contributed by atoms with Crippen LogP contribution in [0.5, 0.6) is 0 Å². The fraction of sp³-hybridized carbons (Fsp3) is 0.0667. The van der Waals surface area contributed by atoms with Crippen molar-refractivity contribution in [2.24, 2.45) is 5.73 Å². The molecular weight excluding hydrogens is 253 g/mol. The summed E-state index contributed by atoms with van der Waals surface area (Å²) >= 11 is 0. The van der Waals surface area contributed by atoms with Crippen molar-refractivity contribution < 1.29 is 14.5 Å². The van der Waals surface area contributed by atoms with Gasteiger partial charge in [-0.25, -0.2) is 0 Å². The van der Waals surface area contributed by atoms with Crippen LogP contribution in [0.25, 0.3) is 28.0 Å². The third-order valence-corrected chi connectivity index (χ3v) is 3.51. The summed E-state index contributed by atoms with van der Waals surface area (Å²) < 4.78 is 5.77. The highest BCUT2D eigenvalue weighted by atomic mass is 16.4. The zero-order valence-corrected chi connectivity index (χ0v) is 10.8. The van der Waals surface area contributed by atoms with E-state index in [0.29, 0.717) is 17.6 Å². The maximum atomic E-state index is 9.22. The Morgan fingerprint density at radius 3 is 2.65 bits per heavy atom. The van der Waals surface area contributed by atoms with Crippen molar-refractivity contribution in [2.45, 2.75) is 6.54 Å². The van der Waals surface area contributed by atoms with Gasteiger partial charge in [0.25, 0.3) is 0 Å². The molecule has 4 N–H and O–H groups in total. The predicted octanol–water partition coefficient (Wildman–Crippen LogP) is 1.37. The lowest BCUT2D eigenvalue weighted by atomic mass is 9.80. The van der Waals surface area contributed by atoms with Crippen molar-refractivity contribution in [3.05, 3.63) is 48.0 Å². The molecule has 3 rings (SSSR count). The molecule has 1 heterocycles. The molecule has 3 aromatic rings. The molecule has 0 atom stereocenters. The molecule has 0 radical (unpaired) electrons. The van der Waals surface area contributed by atoms with Crippen molar-refractivity contribution in [1.29, 1.82) is 0 Å². The van der Waals surface area contributed by atoms with Crippen LogP contribution in [0.15, 0.2) is 41.3 Å². The molecule has 0 spiro atoms. The lowest BCUT2D eigenvalue weighted by molar-refractivity contribution is 0.425. The van der Waals surface area contributed by atoms with Gasteiger partial charge in [0.1, 0.15) is 11.2 Å². The molecule has 0 unspecified atom stereocenters. The molecule has 2 aromatic carbocycles. The summed E-state index contributed by atoms with van der Waals surface area (Å²) in [6, 6.07) is 8.92. The first-order valence-corrected chi connectivity index (χ1v) is 6.32. The fourth-order valence-electron chi connectivity index (χ4n) is 2.53. The number of nitrogens with two attached hydrogens (primary N) is 1. The molecule has 0 saturated carbocycles. The first kappa shape index (κ1) is 12.9. The molecule has 0 aliphatic rings. The van der Waals surface area contributed by atoms with Crippen molar-refractivity contribution in [3.63, 3.8) is 0 Å².